The van der Waals surface area contributed by atoms with Crippen LogP contribution in [-0.2, 0) is 21.3 Å². The smallest absolute Gasteiger partial charge is 0.220 e. The van der Waals surface area contributed by atoms with Crippen molar-refractivity contribution in [3.8, 4) is 0 Å². The molecule has 1 aromatic rings. The van der Waals surface area contributed by atoms with Crippen LogP contribution in [0.5, 0.6) is 0 Å². The van der Waals surface area contributed by atoms with Gasteiger partial charge in [-0.3, -0.25) is 0 Å². The minimum Gasteiger partial charge on any atom is -0.366 e. The highest BCUT2D eigenvalue weighted by Gasteiger charge is 2.63. The van der Waals surface area contributed by atoms with E-state index in [-0.39, 0.29) is 6.10 Å². The van der Waals surface area contributed by atoms with Crippen LogP contribution in [0.3, 0.4) is 0 Å². The van der Waals surface area contributed by atoms with Crippen molar-refractivity contribution < 1.29 is 13.2 Å². The molecule has 5 nitrogen and oxygen atoms in total. The molecule has 0 radical (unpaired) electrons. The first-order chi connectivity index (χ1) is 9.99. The minimum atomic E-state index is -3.30. The highest BCUT2D eigenvalue weighted by molar-refractivity contribution is 7.90. The Balaban J connectivity index is 1.62. The van der Waals surface area contributed by atoms with Gasteiger partial charge in [0, 0.05) is 31.2 Å². The van der Waals surface area contributed by atoms with E-state index in [1.54, 1.807) is 16.4 Å². The van der Waals surface area contributed by atoms with Gasteiger partial charge in [-0.05, 0) is 24.1 Å². The largest absolute Gasteiger partial charge is 0.366 e. The maximum Gasteiger partial charge on any atom is 0.220 e. The number of rotatable bonds is 2. The van der Waals surface area contributed by atoms with Gasteiger partial charge in [-0.1, -0.05) is 23.7 Å². The molecule has 0 aromatic heterocycles. The topological polar surface area (TPSA) is 58.6 Å². The molecule has 21 heavy (non-hydrogen) atoms. The second-order valence-corrected chi connectivity index (χ2v) is 8.65. The lowest BCUT2D eigenvalue weighted by atomic mass is 10.00. The van der Waals surface area contributed by atoms with Crippen molar-refractivity contribution in [3.63, 3.8) is 0 Å². The van der Waals surface area contributed by atoms with Crippen LogP contribution in [0.15, 0.2) is 24.3 Å². The average Bonchev–Trinajstić information content (AvgIpc) is 2.81. The number of benzene rings is 1. The molecule has 3 atom stereocenters. The van der Waals surface area contributed by atoms with Gasteiger partial charge in [-0.25, -0.2) is 8.42 Å². The first-order valence-electron chi connectivity index (χ1n) is 7.12. The van der Waals surface area contributed by atoms with Gasteiger partial charge in [0.15, 0.2) is 0 Å². The molecule has 3 saturated heterocycles. The van der Waals surface area contributed by atoms with Crippen molar-refractivity contribution in [2.24, 2.45) is 0 Å². The number of morpholine rings is 1. The van der Waals surface area contributed by atoms with E-state index in [4.69, 9.17) is 16.3 Å². The predicted octanol–water partition coefficient (Wildman–Crippen LogP) is 0.985. The van der Waals surface area contributed by atoms with Gasteiger partial charge < -0.3 is 10.1 Å². The van der Waals surface area contributed by atoms with E-state index >= 15 is 0 Å². The van der Waals surface area contributed by atoms with Crippen molar-refractivity contribution in [1.29, 1.82) is 0 Å². The van der Waals surface area contributed by atoms with Crippen LogP contribution in [-0.4, -0.2) is 49.3 Å². The normalized spacial score (nSPS) is 37.6. The number of fused-ring (bicyclic) bond motifs is 1. The Hall–Kier alpha value is -0.660. The molecular weight excluding hydrogens is 312 g/mol. The molecular formula is C14H17ClN2O3S. The van der Waals surface area contributed by atoms with E-state index in [0.29, 0.717) is 31.1 Å². The third kappa shape index (κ3) is 2.12. The Bertz CT molecular complexity index is 663. The molecule has 2 bridgehead atoms. The molecule has 0 saturated carbocycles. The molecule has 114 valence electrons. The summed E-state index contributed by atoms with van der Waals surface area (Å²) in [5, 5.41) is 3.55. The van der Waals surface area contributed by atoms with Crippen LogP contribution in [0.1, 0.15) is 12.0 Å². The SMILES string of the molecule is O=S1(=O)[C@H]2C[C@@H]3CNC[C@@]2(CN1Cc1ccc(Cl)cc1)O3. The molecule has 3 aliphatic rings. The van der Waals surface area contributed by atoms with Crippen molar-refractivity contribution in [3.05, 3.63) is 34.9 Å². The number of nitrogens with zero attached hydrogens (tertiary/aromatic N) is 1. The molecule has 4 rings (SSSR count). The van der Waals surface area contributed by atoms with Crippen molar-refractivity contribution in [2.75, 3.05) is 19.6 Å². The molecule has 0 aliphatic carbocycles. The molecule has 3 heterocycles. The van der Waals surface area contributed by atoms with Crippen LogP contribution in [0, 0.1) is 0 Å². The molecule has 1 N–H and O–H groups in total. The summed E-state index contributed by atoms with van der Waals surface area (Å²) in [5.41, 5.74) is 0.383. The van der Waals surface area contributed by atoms with Crippen molar-refractivity contribution >= 4 is 21.6 Å². The number of hydrogen-bond donors (Lipinski definition) is 1. The van der Waals surface area contributed by atoms with E-state index in [1.807, 2.05) is 12.1 Å². The number of nitrogens with one attached hydrogen (secondary N) is 1. The summed E-state index contributed by atoms with van der Waals surface area (Å²) in [7, 11) is -3.30. The Kier molecular flexibility index (Phi) is 3.10. The standard InChI is InChI=1S/C14H17ClN2O3S/c15-11-3-1-10(2-4-11)7-17-9-14-8-16-6-12(20-14)5-13(14)21(17,18)19/h1-4,12-13,16H,5-9H2/t12-,13+,14+/m1/s1. The monoisotopic (exact) mass is 328 g/mol. The molecule has 3 fully saturated rings. The molecule has 0 amide bonds. The summed E-state index contributed by atoms with van der Waals surface area (Å²) < 4.78 is 33.1. The van der Waals surface area contributed by atoms with Gasteiger partial charge in [-0.2, -0.15) is 4.31 Å². The van der Waals surface area contributed by atoms with E-state index in [2.05, 4.69) is 5.32 Å². The fourth-order valence-corrected chi connectivity index (χ4v) is 6.16. The average molecular weight is 329 g/mol. The first-order valence-corrected chi connectivity index (χ1v) is 9.00. The summed E-state index contributed by atoms with van der Waals surface area (Å²) in [5.74, 6) is 0. The second-order valence-electron chi connectivity index (χ2n) is 6.10. The lowest BCUT2D eigenvalue weighted by Crippen LogP contribution is -2.53. The van der Waals surface area contributed by atoms with E-state index in [1.165, 1.54) is 0 Å². The second kappa shape index (κ2) is 4.67. The van der Waals surface area contributed by atoms with Gasteiger partial charge in [-0.15, -0.1) is 0 Å². The molecule has 1 spiro atoms. The quantitative estimate of drug-likeness (QED) is 0.879. The summed E-state index contributed by atoms with van der Waals surface area (Å²) in [6, 6.07) is 7.31. The summed E-state index contributed by atoms with van der Waals surface area (Å²) in [6.07, 6.45) is 0.642. The fourth-order valence-electron chi connectivity index (χ4n) is 3.73. The minimum absolute atomic E-state index is 0.0382. The number of halogens is 1. The summed E-state index contributed by atoms with van der Waals surface area (Å²) >= 11 is 5.87. The Morgan fingerprint density at radius 2 is 2.14 bits per heavy atom. The van der Waals surface area contributed by atoms with Crippen molar-refractivity contribution in [1.82, 2.24) is 9.62 Å². The van der Waals surface area contributed by atoms with E-state index in [0.717, 1.165) is 12.1 Å². The zero-order valence-electron chi connectivity index (χ0n) is 11.5. The van der Waals surface area contributed by atoms with Crippen molar-refractivity contribution in [2.45, 2.75) is 29.9 Å². The summed E-state index contributed by atoms with van der Waals surface area (Å²) in [6.45, 7) is 2.19. The third-order valence-corrected chi connectivity index (χ3v) is 7.27. The van der Waals surface area contributed by atoms with Crippen LogP contribution < -0.4 is 5.32 Å². The van der Waals surface area contributed by atoms with Crippen LogP contribution in [0.25, 0.3) is 0 Å². The Morgan fingerprint density at radius 1 is 1.38 bits per heavy atom. The van der Waals surface area contributed by atoms with E-state index < -0.39 is 20.9 Å². The number of ether oxygens (including phenoxy) is 1. The first kappa shape index (κ1) is 14.0. The van der Waals surface area contributed by atoms with Gasteiger partial charge in [0.25, 0.3) is 0 Å². The molecule has 7 heteroatoms. The van der Waals surface area contributed by atoms with Gasteiger partial charge in [0.1, 0.15) is 10.9 Å². The van der Waals surface area contributed by atoms with Crippen LogP contribution in [0.2, 0.25) is 5.02 Å². The van der Waals surface area contributed by atoms with Gasteiger partial charge >= 0.3 is 0 Å². The third-order valence-electron chi connectivity index (χ3n) is 4.70. The highest BCUT2D eigenvalue weighted by atomic mass is 35.5. The van der Waals surface area contributed by atoms with Gasteiger partial charge in [0.2, 0.25) is 10.0 Å². The molecule has 1 aromatic carbocycles. The molecule has 3 aliphatic heterocycles. The lowest BCUT2D eigenvalue weighted by Gasteiger charge is -2.32. The van der Waals surface area contributed by atoms with Gasteiger partial charge in [0.05, 0.1) is 6.10 Å². The fraction of sp³-hybridized carbons (Fsp3) is 0.571. The highest BCUT2D eigenvalue weighted by Crippen LogP contribution is 2.45. The Labute approximate surface area is 129 Å². The zero-order valence-corrected chi connectivity index (χ0v) is 13.0. The van der Waals surface area contributed by atoms with Crippen LogP contribution in [0.4, 0.5) is 0 Å². The maximum atomic E-state index is 12.8. The number of sulfonamides is 1. The summed E-state index contributed by atoms with van der Waals surface area (Å²) in [4.78, 5) is 0. The molecule has 0 unspecified atom stereocenters. The lowest BCUT2D eigenvalue weighted by molar-refractivity contribution is -0.0634. The predicted molar refractivity (Wildman–Crippen MR) is 79.7 cm³/mol. The van der Waals surface area contributed by atoms with Crippen LogP contribution >= 0.6 is 11.6 Å². The van der Waals surface area contributed by atoms with E-state index in [9.17, 15) is 8.42 Å². The maximum absolute atomic E-state index is 12.8. The zero-order chi connectivity index (χ0) is 14.7. The number of hydrogen-bond acceptors (Lipinski definition) is 4. The Morgan fingerprint density at radius 3 is 2.90 bits per heavy atom.